The van der Waals surface area contributed by atoms with Gasteiger partial charge in [-0.3, -0.25) is 0 Å². The average Bonchev–Trinajstić information content (AvgIpc) is 3.36. The van der Waals surface area contributed by atoms with Crippen molar-refractivity contribution in [2.75, 3.05) is 0 Å². The largest absolute Gasteiger partial charge is 0.135 e. The molecular formula is C41H42S. The smallest absolute Gasteiger partial charge is 0.0430 e. The van der Waals surface area contributed by atoms with Crippen LogP contribution in [0.15, 0.2) is 122 Å². The minimum atomic E-state index is 1.03. The molecule has 0 spiro atoms. The summed E-state index contributed by atoms with van der Waals surface area (Å²) in [6.07, 6.45) is 26.6. The van der Waals surface area contributed by atoms with Gasteiger partial charge < -0.3 is 0 Å². The van der Waals surface area contributed by atoms with Gasteiger partial charge in [0.05, 0.1) is 0 Å². The molecule has 0 atom stereocenters. The van der Waals surface area contributed by atoms with E-state index in [2.05, 4.69) is 127 Å². The third-order valence-electron chi connectivity index (χ3n) is 7.51. The Labute approximate surface area is 257 Å². The van der Waals surface area contributed by atoms with E-state index < -0.39 is 0 Å². The van der Waals surface area contributed by atoms with Crippen LogP contribution in [0.5, 0.6) is 0 Å². The Hall–Kier alpha value is -4.46. The SMILES string of the molecule is C=C/C=C\c1c(/C=C(C=C)/C(/C=C(C=C)/C(=C/C)c2sc(/C=C\C)c(C=C)c2C=C)=C/C)c(C)c2ccccc2c1C. The van der Waals surface area contributed by atoms with Crippen molar-refractivity contribution >= 4 is 58.1 Å². The van der Waals surface area contributed by atoms with Crippen molar-refractivity contribution in [1.82, 2.24) is 0 Å². The average molecular weight is 567 g/mol. The second-order valence-electron chi connectivity index (χ2n) is 9.80. The second-order valence-corrected chi connectivity index (χ2v) is 10.9. The summed E-state index contributed by atoms with van der Waals surface area (Å²) in [7, 11) is 0. The Balaban J connectivity index is 2.27. The molecule has 0 bridgehead atoms. The van der Waals surface area contributed by atoms with Crippen LogP contribution in [0, 0.1) is 13.8 Å². The number of benzene rings is 2. The van der Waals surface area contributed by atoms with E-state index in [9.17, 15) is 0 Å². The first-order chi connectivity index (χ1) is 20.3. The molecular weight excluding hydrogens is 525 g/mol. The molecule has 0 fully saturated rings. The zero-order valence-electron chi connectivity index (χ0n) is 25.8. The number of hydrogen-bond donors (Lipinski definition) is 0. The first-order valence-electron chi connectivity index (χ1n) is 14.2. The van der Waals surface area contributed by atoms with Gasteiger partial charge in [0.15, 0.2) is 0 Å². The van der Waals surface area contributed by atoms with Crippen LogP contribution in [0.25, 0.3) is 46.7 Å². The molecule has 1 aromatic heterocycles. The second kappa shape index (κ2) is 15.0. The predicted octanol–water partition coefficient (Wildman–Crippen LogP) is 12.8. The number of thiophene rings is 1. The molecule has 42 heavy (non-hydrogen) atoms. The molecule has 0 aliphatic carbocycles. The summed E-state index contributed by atoms with van der Waals surface area (Å²) in [5, 5.41) is 2.52. The Morgan fingerprint density at radius 3 is 1.81 bits per heavy atom. The maximum Gasteiger partial charge on any atom is 0.0430 e. The molecule has 3 rings (SSSR count). The van der Waals surface area contributed by atoms with Gasteiger partial charge in [-0.05, 0) is 114 Å². The van der Waals surface area contributed by atoms with Crippen LogP contribution in [0.1, 0.15) is 63.9 Å². The third-order valence-corrected chi connectivity index (χ3v) is 8.73. The predicted molar refractivity (Wildman–Crippen MR) is 196 cm³/mol. The highest BCUT2D eigenvalue weighted by atomic mass is 32.1. The molecule has 0 saturated heterocycles. The van der Waals surface area contributed by atoms with Gasteiger partial charge >= 0.3 is 0 Å². The van der Waals surface area contributed by atoms with E-state index in [1.807, 2.05) is 43.4 Å². The van der Waals surface area contributed by atoms with Gasteiger partial charge in [-0.2, -0.15) is 0 Å². The first kappa shape index (κ1) is 32.1. The van der Waals surface area contributed by atoms with E-state index in [-0.39, 0.29) is 0 Å². The molecule has 0 saturated carbocycles. The summed E-state index contributed by atoms with van der Waals surface area (Å²) in [6, 6.07) is 8.60. The van der Waals surface area contributed by atoms with Crippen molar-refractivity contribution in [2.24, 2.45) is 0 Å². The fourth-order valence-electron chi connectivity index (χ4n) is 5.35. The number of allylic oxidation sites excluding steroid dienone is 12. The van der Waals surface area contributed by atoms with Crippen LogP contribution < -0.4 is 0 Å². The van der Waals surface area contributed by atoms with E-state index in [1.165, 1.54) is 37.9 Å². The number of hydrogen-bond acceptors (Lipinski definition) is 1. The standard InChI is InChI=1S/C41H42S/c1-11-19-23-38-28(9)36-24-20-21-25-37(36)29(10)39(38)27-31(14-4)30(13-3)26-32(15-5)33(16-6)41-35(18-8)34(17-7)40(42-41)22-12-2/h11-27H,1,4-5,7-8H2,2-3,6,9-10H3/b22-12-,23-19-,30-13+,31-27+,32-26+,33-16-. The minimum absolute atomic E-state index is 1.03. The van der Waals surface area contributed by atoms with Crippen LogP contribution in [-0.4, -0.2) is 0 Å². The maximum atomic E-state index is 4.22. The van der Waals surface area contributed by atoms with Gasteiger partial charge in [0.25, 0.3) is 0 Å². The van der Waals surface area contributed by atoms with E-state index >= 15 is 0 Å². The highest BCUT2D eigenvalue weighted by molar-refractivity contribution is 7.14. The van der Waals surface area contributed by atoms with E-state index in [1.54, 1.807) is 11.3 Å². The van der Waals surface area contributed by atoms with E-state index in [4.69, 9.17) is 0 Å². The van der Waals surface area contributed by atoms with Crippen molar-refractivity contribution in [3.63, 3.8) is 0 Å². The molecule has 3 aromatic rings. The monoisotopic (exact) mass is 566 g/mol. The van der Waals surface area contributed by atoms with Gasteiger partial charge in [0.1, 0.15) is 0 Å². The summed E-state index contributed by atoms with van der Waals surface area (Å²) in [4.78, 5) is 2.32. The molecule has 0 nitrogen and oxygen atoms in total. The zero-order valence-corrected chi connectivity index (χ0v) is 26.6. The lowest BCUT2D eigenvalue weighted by atomic mass is 9.87. The topological polar surface area (TPSA) is 0 Å². The normalized spacial score (nSPS) is 13.3. The van der Waals surface area contributed by atoms with Crippen molar-refractivity contribution in [3.8, 4) is 0 Å². The number of fused-ring (bicyclic) bond motifs is 1. The summed E-state index contributed by atoms with van der Waals surface area (Å²) in [6.45, 7) is 31.1. The van der Waals surface area contributed by atoms with Crippen molar-refractivity contribution in [3.05, 3.63) is 166 Å². The van der Waals surface area contributed by atoms with Gasteiger partial charge in [0, 0.05) is 15.3 Å². The van der Waals surface area contributed by atoms with Crippen LogP contribution in [-0.2, 0) is 0 Å². The van der Waals surface area contributed by atoms with Crippen LogP contribution in [0.2, 0.25) is 0 Å². The molecule has 1 heteroatoms. The molecule has 0 N–H and O–H groups in total. The van der Waals surface area contributed by atoms with E-state index in [0.29, 0.717) is 0 Å². The fraction of sp³-hybridized carbons (Fsp3) is 0.122. The van der Waals surface area contributed by atoms with Gasteiger partial charge in [-0.1, -0.05) is 118 Å². The molecule has 1 heterocycles. The molecule has 0 amide bonds. The highest BCUT2D eigenvalue weighted by Gasteiger charge is 2.18. The maximum absolute atomic E-state index is 4.22. The quantitative estimate of drug-likeness (QED) is 0.191. The summed E-state index contributed by atoms with van der Waals surface area (Å²) < 4.78 is 0. The van der Waals surface area contributed by atoms with Crippen molar-refractivity contribution < 1.29 is 0 Å². The number of rotatable bonds is 12. The zero-order chi connectivity index (χ0) is 30.8. The summed E-state index contributed by atoms with van der Waals surface area (Å²) in [5.74, 6) is 0. The van der Waals surface area contributed by atoms with Crippen LogP contribution >= 0.6 is 11.3 Å². The van der Waals surface area contributed by atoms with Gasteiger partial charge in [-0.15, -0.1) is 11.3 Å². The fourth-order valence-corrected chi connectivity index (χ4v) is 6.73. The van der Waals surface area contributed by atoms with Crippen LogP contribution in [0.3, 0.4) is 0 Å². The summed E-state index contributed by atoms with van der Waals surface area (Å²) in [5.41, 5.74) is 11.3. The third kappa shape index (κ3) is 6.38. The minimum Gasteiger partial charge on any atom is -0.135 e. The number of aryl methyl sites for hydroxylation is 2. The first-order valence-corrected chi connectivity index (χ1v) is 15.0. The van der Waals surface area contributed by atoms with Crippen molar-refractivity contribution in [1.29, 1.82) is 0 Å². The van der Waals surface area contributed by atoms with Crippen LogP contribution in [0.4, 0.5) is 0 Å². The van der Waals surface area contributed by atoms with Gasteiger partial charge in [-0.25, -0.2) is 0 Å². The van der Waals surface area contributed by atoms with Crippen molar-refractivity contribution in [2.45, 2.75) is 34.6 Å². The Morgan fingerprint density at radius 2 is 1.31 bits per heavy atom. The lowest BCUT2D eigenvalue weighted by molar-refractivity contribution is 1.40. The molecule has 0 radical (unpaired) electrons. The molecule has 212 valence electrons. The van der Waals surface area contributed by atoms with Gasteiger partial charge in [0.2, 0.25) is 0 Å². The van der Waals surface area contributed by atoms with E-state index in [0.717, 1.165) is 38.3 Å². The Bertz CT molecular complexity index is 1730. The molecule has 0 aliphatic rings. The lowest BCUT2D eigenvalue weighted by Gasteiger charge is -2.17. The molecule has 0 unspecified atom stereocenters. The Morgan fingerprint density at radius 1 is 0.690 bits per heavy atom. The lowest BCUT2D eigenvalue weighted by Crippen LogP contribution is -1.96. The summed E-state index contributed by atoms with van der Waals surface area (Å²) >= 11 is 1.75. The Kier molecular flexibility index (Phi) is 11.4. The molecule has 2 aromatic carbocycles. The highest BCUT2D eigenvalue weighted by Crippen LogP contribution is 2.40. The molecule has 0 aliphatic heterocycles.